The van der Waals surface area contributed by atoms with Crippen molar-refractivity contribution in [1.29, 1.82) is 0 Å². The number of aryl methyl sites for hydroxylation is 2. The first-order chi connectivity index (χ1) is 15.2. The molecule has 0 fully saturated rings. The van der Waals surface area contributed by atoms with Crippen molar-refractivity contribution in [3.8, 4) is 5.00 Å². The van der Waals surface area contributed by atoms with Gasteiger partial charge in [0.2, 0.25) is 0 Å². The smallest absolute Gasteiger partial charge is 0.290 e. The summed E-state index contributed by atoms with van der Waals surface area (Å²) < 4.78 is 7.87. The Hall–Kier alpha value is -3.05. The van der Waals surface area contributed by atoms with Crippen LogP contribution in [0.4, 0.5) is 0 Å². The van der Waals surface area contributed by atoms with Crippen LogP contribution >= 0.6 is 11.3 Å². The van der Waals surface area contributed by atoms with E-state index >= 15 is 0 Å². The maximum absolute atomic E-state index is 13.7. The van der Waals surface area contributed by atoms with Gasteiger partial charge in [0, 0.05) is 16.6 Å². The summed E-state index contributed by atoms with van der Waals surface area (Å²) in [7, 11) is 0. The number of furan rings is 1. The lowest BCUT2D eigenvalue weighted by Crippen LogP contribution is -2.34. The molecule has 4 nitrogen and oxygen atoms in total. The van der Waals surface area contributed by atoms with E-state index < -0.39 is 0 Å². The van der Waals surface area contributed by atoms with Crippen molar-refractivity contribution in [1.82, 2.24) is 9.47 Å². The van der Waals surface area contributed by atoms with Gasteiger partial charge in [0.05, 0.1) is 24.5 Å². The summed E-state index contributed by atoms with van der Waals surface area (Å²) in [5.41, 5.74) is 6.23. The highest BCUT2D eigenvalue weighted by Gasteiger charge is 2.37. The molecule has 5 heteroatoms. The summed E-state index contributed by atoms with van der Waals surface area (Å²) >= 11 is 1.91. The fourth-order valence-electron chi connectivity index (χ4n) is 5.12. The summed E-state index contributed by atoms with van der Waals surface area (Å²) in [6, 6.07) is 16.1. The lowest BCUT2D eigenvalue weighted by molar-refractivity contribution is 0.0657. The zero-order valence-corrected chi connectivity index (χ0v) is 18.3. The monoisotopic (exact) mass is 428 g/mol. The van der Waals surface area contributed by atoms with Crippen LogP contribution < -0.4 is 0 Å². The first-order valence-corrected chi connectivity index (χ1v) is 11.7. The molecule has 0 N–H and O–H groups in total. The number of aromatic nitrogens is 1. The second kappa shape index (κ2) is 7.27. The molecule has 4 aromatic rings. The van der Waals surface area contributed by atoms with Gasteiger partial charge in [-0.2, -0.15) is 0 Å². The van der Waals surface area contributed by atoms with E-state index in [0.717, 1.165) is 24.1 Å². The Morgan fingerprint density at radius 1 is 1.06 bits per heavy atom. The van der Waals surface area contributed by atoms with Gasteiger partial charge in [-0.15, -0.1) is 11.3 Å². The third-order valence-electron chi connectivity index (χ3n) is 6.53. The van der Waals surface area contributed by atoms with Gasteiger partial charge in [-0.05, 0) is 68.0 Å². The van der Waals surface area contributed by atoms with E-state index in [4.69, 9.17) is 4.42 Å². The minimum absolute atomic E-state index is 0.0622. The van der Waals surface area contributed by atoms with Crippen LogP contribution in [0.5, 0.6) is 0 Å². The van der Waals surface area contributed by atoms with E-state index in [1.165, 1.54) is 39.4 Å². The minimum Gasteiger partial charge on any atom is -0.459 e. The van der Waals surface area contributed by atoms with E-state index in [1.807, 2.05) is 16.2 Å². The third kappa shape index (κ3) is 2.99. The third-order valence-corrected chi connectivity index (χ3v) is 7.86. The average molecular weight is 429 g/mol. The van der Waals surface area contributed by atoms with Crippen molar-refractivity contribution in [2.24, 2.45) is 0 Å². The Bertz CT molecular complexity index is 1260. The number of nitrogens with zero attached hydrogens (tertiary/aromatic N) is 2. The standard InChI is InChI=1S/C26H24N2O2S/c1-17-7-4-8-18(15-17)24-21-10-5-13-27(21)26-20(19-9-2-3-12-23(19)31-26)16-28(24)25(29)22-11-6-14-30-22/h4-8,10-11,13-15,24H,2-3,9,12,16H2,1H3/t24-/m1/s1. The molecule has 31 heavy (non-hydrogen) atoms. The fourth-order valence-corrected chi connectivity index (χ4v) is 6.52. The Kier molecular flexibility index (Phi) is 4.39. The first kappa shape index (κ1) is 18.7. The largest absolute Gasteiger partial charge is 0.459 e. The second-order valence-corrected chi connectivity index (χ2v) is 9.61. The second-order valence-electron chi connectivity index (χ2n) is 8.52. The molecule has 156 valence electrons. The normalized spacial score (nSPS) is 17.6. The molecule has 6 rings (SSSR count). The summed E-state index contributed by atoms with van der Waals surface area (Å²) in [5.74, 6) is 0.330. The van der Waals surface area contributed by atoms with Crippen LogP contribution in [0.3, 0.4) is 0 Å². The lowest BCUT2D eigenvalue weighted by atomic mass is 9.94. The summed E-state index contributed by atoms with van der Waals surface area (Å²) in [6.45, 7) is 2.70. The molecule has 1 aliphatic carbocycles. The number of carbonyl (C=O) groups is 1. The maximum atomic E-state index is 13.7. The topological polar surface area (TPSA) is 38.4 Å². The molecule has 4 heterocycles. The highest BCUT2D eigenvalue weighted by molar-refractivity contribution is 7.15. The van der Waals surface area contributed by atoms with Gasteiger partial charge in [0.25, 0.3) is 5.91 Å². The number of thiophene rings is 1. The molecule has 0 radical (unpaired) electrons. The number of rotatable bonds is 2. The molecule has 0 unspecified atom stereocenters. The Labute approximate surface area is 185 Å². The van der Waals surface area contributed by atoms with Gasteiger partial charge in [0.1, 0.15) is 5.00 Å². The van der Waals surface area contributed by atoms with Crippen molar-refractivity contribution >= 4 is 17.2 Å². The number of benzene rings is 1. The molecular weight excluding hydrogens is 404 g/mol. The van der Waals surface area contributed by atoms with Crippen molar-refractivity contribution in [3.63, 3.8) is 0 Å². The summed E-state index contributed by atoms with van der Waals surface area (Å²) in [6.07, 6.45) is 8.47. The summed E-state index contributed by atoms with van der Waals surface area (Å²) in [5, 5.41) is 1.28. The van der Waals surface area contributed by atoms with Crippen molar-refractivity contribution in [2.75, 3.05) is 0 Å². The average Bonchev–Trinajstić information content (AvgIpc) is 3.52. The SMILES string of the molecule is Cc1cccc([C@@H]2c3cccn3-c3sc4c(c3CN2C(=O)c2ccco2)CCCC4)c1. The van der Waals surface area contributed by atoms with Crippen LogP contribution in [0, 0.1) is 6.92 Å². The van der Waals surface area contributed by atoms with Crippen LogP contribution in [0.25, 0.3) is 5.00 Å². The van der Waals surface area contributed by atoms with E-state index in [2.05, 4.69) is 54.1 Å². The van der Waals surface area contributed by atoms with Gasteiger partial charge < -0.3 is 13.9 Å². The molecule has 0 bridgehead atoms. The number of hydrogen-bond acceptors (Lipinski definition) is 3. The summed E-state index contributed by atoms with van der Waals surface area (Å²) in [4.78, 5) is 17.2. The predicted octanol–water partition coefficient (Wildman–Crippen LogP) is 6.06. The van der Waals surface area contributed by atoms with E-state index in [0.29, 0.717) is 12.3 Å². The zero-order valence-electron chi connectivity index (χ0n) is 17.5. The lowest BCUT2D eigenvalue weighted by Gasteiger charge is -2.31. The Morgan fingerprint density at radius 3 is 2.81 bits per heavy atom. The van der Waals surface area contributed by atoms with Crippen molar-refractivity contribution in [2.45, 2.75) is 45.2 Å². The molecule has 0 saturated heterocycles. The van der Waals surface area contributed by atoms with Gasteiger partial charge >= 0.3 is 0 Å². The van der Waals surface area contributed by atoms with Gasteiger partial charge in [-0.1, -0.05) is 29.8 Å². The van der Waals surface area contributed by atoms with Gasteiger partial charge in [-0.3, -0.25) is 4.79 Å². The number of carbonyl (C=O) groups excluding carboxylic acids is 1. The van der Waals surface area contributed by atoms with Crippen molar-refractivity contribution in [3.05, 3.63) is 99.6 Å². The van der Waals surface area contributed by atoms with E-state index in [-0.39, 0.29) is 11.9 Å². The van der Waals surface area contributed by atoms with E-state index in [9.17, 15) is 4.79 Å². The molecule has 1 atom stereocenters. The van der Waals surface area contributed by atoms with Crippen molar-refractivity contribution < 1.29 is 9.21 Å². The molecule has 2 aliphatic rings. The highest BCUT2D eigenvalue weighted by Crippen LogP contribution is 2.44. The van der Waals surface area contributed by atoms with Gasteiger partial charge in [-0.25, -0.2) is 0 Å². The van der Waals surface area contributed by atoms with Crippen LogP contribution in [-0.2, 0) is 19.4 Å². The van der Waals surface area contributed by atoms with Crippen LogP contribution in [-0.4, -0.2) is 15.4 Å². The highest BCUT2D eigenvalue weighted by atomic mass is 32.1. The fraction of sp³-hybridized carbons (Fsp3) is 0.269. The molecular formula is C26H24N2O2S. The molecule has 3 aromatic heterocycles. The van der Waals surface area contributed by atoms with E-state index in [1.54, 1.807) is 18.4 Å². The Morgan fingerprint density at radius 2 is 1.97 bits per heavy atom. The molecule has 0 saturated carbocycles. The Balaban J connectivity index is 1.59. The minimum atomic E-state index is -0.175. The van der Waals surface area contributed by atoms with Gasteiger partial charge in [0.15, 0.2) is 5.76 Å². The molecule has 1 aromatic carbocycles. The predicted molar refractivity (Wildman–Crippen MR) is 122 cm³/mol. The van der Waals surface area contributed by atoms with Crippen LogP contribution in [0.2, 0.25) is 0 Å². The molecule has 1 aliphatic heterocycles. The number of fused-ring (bicyclic) bond motifs is 5. The number of amides is 1. The number of hydrogen-bond donors (Lipinski definition) is 0. The quantitative estimate of drug-likeness (QED) is 0.389. The molecule has 0 spiro atoms. The van der Waals surface area contributed by atoms with Crippen LogP contribution in [0.1, 0.15) is 62.3 Å². The molecule has 1 amide bonds. The first-order valence-electron chi connectivity index (χ1n) is 10.9. The maximum Gasteiger partial charge on any atom is 0.290 e. The van der Waals surface area contributed by atoms with Crippen LogP contribution in [0.15, 0.2) is 65.4 Å². The zero-order chi connectivity index (χ0) is 20.9.